The van der Waals surface area contributed by atoms with E-state index in [0.717, 1.165) is 37.3 Å². The summed E-state index contributed by atoms with van der Waals surface area (Å²) in [5.41, 5.74) is 3.06. The first-order valence-corrected chi connectivity index (χ1v) is 9.88. The van der Waals surface area contributed by atoms with E-state index in [9.17, 15) is 10.2 Å². The van der Waals surface area contributed by atoms with E-state index in [1.807, 2.05) is 42.5 Å². The molecule has 1 aliphatic heterocycles. The molecule has 4 rings (SSSR count). The lowest BCUT2D eigenvalue weighted by atomic mass is 9.97. The molecule has 0 radical (unpaired) electrons. The van der Waals surface area contributed by atoms with Gasteiger partial charge in [-0.15, -0.1) is 0 Å². The molecule has 0 saturated carbocycles. The van der Waals surface area contributed by atoms with Crippen LogP contribution in [-0.2, 0) is 18.8 Å². The summed E-state index contributed by atoms with van der Waals surface area (Å²) in [5.74, 6) is 0.721. The number of para-hydroxylation sites is 2. The summed E-state index contributed by atoms with van der Waals surface area (Å²) in [6.45, 7) is 5.84. The average Bonchev–Trinajstić information content (AvgIpc) is 3.03. The quantitative estimate of drug-likeness (QED) is 0.545. The van der Waals surface area contributed by atoms with Crippen LogP contribution >= 0.6 is 0 Å². The SMILES string of the molecule is CC1(c2ccccc2)[NH+](Cc2ccccc2O)CC[NH+]1Cc1ccccc1O. The third-order valence-electron chi connectivity index (χ3n) is 6.28. The predicted molar refractivity (Wildman–Crippen MR) is 109 cm³/mol. The molecule has 4 N–H and O–H groups in total. The van der Waals surface area contributed by atoms with E-state index in [4.69, 9.17) is 0 Å². The topological polar surface area (TPSA) is 49.3 Å². The van der Waals surface area contributed by atoms with Crippen molar-refractivity contribution >= 4 is 0 Å². The summed E-state index contributed by atoms with van der Waals surface area (Å²) in [4.78, 5) is 2.84. The maximum Gasteiger partial charge on any atom is 0.247 e. The standard InChI is InChI=1S/C24H26N2O2/c1-24(21-11-3-2-4-12-21)25(17-19-9-5-7-13-22(19)27)15-16-26(24)18-20-10-6-8-14-23(20)28/h2-14,27-28H,15-18H2,1H3/p+2. The van der Waals surface area contributed by atoms with Crippen LogP contribution in [0, 0.1) is 0 Å². The molecule has 0 amide bonds. The van der Waals surface area contributed by atoms with E-state index in [1.54, 1.807) is 12.1 Å². The lowest BCUT2D eigenvalue weighted by molar-refractivity contribution is -1.13. The molecule has 1 saturated heterocycles. The Bertz CT molecular complexity index is 887. The van der Waals surface area contributed by atoms with Crippen LogP contribution in [-0.4, -0.2) is 23.3 Å². The van der Waals surface area contributed by atoms with Gasteiger partial charge in [-0.1, -0.05) is 42.5 Å². The Hall–Kier alpha value is -2.82. The number of nitrogens with one attached hydrogen (secondary N) is 2. The van der Waals surface area contributed by atoms with Gasteiger partial charge in [0.25, 0.3) is 0 Å². The van der Waals surface area contributed by atoms with Crippen LogP contribution in [0.1, 0.15) is 23.6 Å². The number of hydrogen-bond donors (Lipinski definition) is 4. The molecule has 2 unspecified atom stereocenters. The molecule has 0 aromatic heterocycles. The van der Waals surface area contributed by atoms with Crippen molar-refractivity contribution in [3.05, 3.63) is 95.6 Å². The van der Waals surface area contributed by atoms with E-state index in [-0.39, 0.29) is 5.66 Å². The largest absolute Gasteiger partial charge is 0.507 e. The van der Waals surface area contributed by atoms with Gasteiger partial charge in [0.2, 0.25) is 5.66 Å². The number of aromatic hydroxyl groups is 2. The molecule has 28 heavy (non-hydrogen) atoms. The zero-order valence-corrected chi connectivity index (χ0v) is 16.2. The van der Waals surface area contributed by atoms with Crippen LogP contribution in [0.2, 0.25) is 0 Å². The Kier molecular flexibility index (Phi) is 5.07. The van der Waals surface area contributed by atoms with Crippen molar-refractivity contribution in [2.75, 3.05) is 13.1 Å². The third kappa shape index (κ3) is 3.37. The monoisotopic (exact) mass is 376 g/mol. The number of rotatable bonds is 5. The van der Waals surface area contributed by atoms with Crippen LogP contribution in [0.15, 0.2) is 78.9 Å². The molecule has 1 fully saturated rings. The normalized spacial score (nSPS) is 24.3. The minimum atomic E-state index is -0.175. The molecular weight excluding hydrogens is 348 g/mol. The highest BCUT2D eigenvalue weighted by Gasteiger charge is 2.52. The molecule has 4 nitrogen and oxygen atoms in total. The van der Waals surface area contributed by atoms with Crippen LogP contribution in [0.4, 0.5) is 0 Å². The van der Waals surface area contributed by atoms with Crippen molar-refractivity contribution in [3.63, 3.8) is 0 Å². The fourth-order valence-electron chi connectivity index (χ4n) is 4.54. The number of quaternary nitrogens is 2. The summed E-state index contributed by atoms with van der Waals surface area (Å²) < 4.78 is 0. The lowest BCUT2D eigenvalue weighted by Crippen LogP contribution is -3.31. The van der Waals surface area contributed by atoms with Crippen molar-refractivity contribution in [3.8, 4) is 11.5 Å². The molecule has 1 aliphatic rings. The molecule has 0 bridgehead atoms. The van der Waals surface area contributed by atoms with Crippen molar-refractivity contribution in [1.82, 2.24) is 0 Å². The molecule has 2 atom stereocenters. The summed E-state index contributed by atoms with van der Waals surface area (Å²) in [7, 11) is 0. The Morgan fingerprint density at radius 2 is 1.11 bits per heavy atom. The van der Waals surface area contributed by atoms with E-state index in [1.165, 1.54) is 15.4 Å². The molecule has 1 heterocycles. The molecule has 4 heteroatoms. The number of benzene rings is 3. The van der Waals surface area contributed by atoms with E-state index in [2.05, 4.69) is 31.2 Å². The Labute approximate surface area is 166 Å². The van der Waals surface area contributed by atoms with Crippen LogP contribution in [0.25, 0.3) is 0 Å². The third-order valence-corrected chi connectivity index (χ3v) is 6.28. The zero-order valence-electron chi connectivity index (χ0n) is 16.2. The van der Waals surface area contributed by atoms with Gasteiger partial charge in [-0.3, -0.25) is 9.80 Å². The van der Waals surface area contributed by atoms with Gasteiger partial charge in [0, 0.05) is 11.1 Å². The Balaban J connectivity index is 1.69. The van der Waals surface area contributed by atoms with Gasteiger partial charge in [-0.2, -0.15) is 0 Å². The van der Waals surface area contributed by atoms with Crippen molar-refractivity contribution in [2.45, 2.75) is 25.7 Å². The molecular formula is C24H28N2O2+2. The second-order valence-electron chi connectivity index (χ2n) is 7.81. The first kappa shape index (κ1) is 18.5. The predicted octanol–water partition coefficient (Wildman–Crippen LogP) is 1.45. The molecule has 3 aromatic rings. The van der Waals surface area contributed by atoms with Crippen molar-refractivity contribution in [1.29, 1.82) is 0 Å². The van der Waals surface area contributed by atoms with Gasteiger partial charge in [0.1, 0.15) is 37.7 Å². The minimum Gasteiger partial charge on any atom is -0.507 e. The van der Waals surface area contributed by atoms with Crippen LogP contribution < -0.4 is 9.80 Å². The summed E-state index contributed by atoms with van der Waals surface area (Å²) >= 11 is 0. The average molecular weight is 377 g/mol. The number of phenolic OH excluding ortho intramolecular Hbond substituents is 2. The highest BCUT2D eigenvalue weighted by molar-refractivity contribution is 5.32. The second kappa shape index (κ2) is 7.66. The number of phenols is 2. The first-order chi connectivity index (χ1) is 13.6. The van der Waals surface area contributed by atoms with Crippen molar-refractivity contribution < 1.29 is 20.0 Å². The highest BCUT2D eigenvalue weighted by atomic mass is 16.3. The van der Waals surface area contributed by atoms with Gasteiger partial charge in [-0.25, -0.2) is 0 Å². The maximum absolute atomic E-state index is 10.3. The van der Waals surface area contributed by atoms with Gasteiger partial charge in [0.15, 0.2) is 0 Å². The van der Waals surface area contributed by atoms with Crippen molar-refractivity contribution in [2.24, 2.45) is 0 Å². The van der Waals surface area contributed by atoms with Gasteiger partial charge in [-0.05, 0) is 36.4 Å². The van der Waals surface area contributed by atoms with Gasteiger partial charge < -0.3 is 10.2 Å². The number of hydrogen-bond acceptors (Lipinski definition) is 2. The smallest absolute Gasteiger partial charge is 0.247 e. The van der Waals surface area contributed by atoms with Gasteiger partial charge >= 0.3 is 0 Å². The second-order valence-corrected chi connectivity index (χ2v) is 7.81. The summed E-state index contributed by atoms with van der Waals surface area (Å²) in [6.07, 6.45) is 0. The first-order valence-electron chi connectivity index (χ1n) is 9.88. The van der Waals surface area contributed by atoms with E-state index >= 15 is 0 Å². The zero-order chi connectivity index (χ0) is 19.6. The molecule has 3 aromatic carbocycles. The highest BCUT2D eigenvalue weighted by Crippen LogP contribution is 2.19. The lowest BCUT2D eigenvalue weighted by Gasteiger charge is -2.35. The van der Waals surface area contributed by atoms with Crippen LogP contribution in [0.3, 0.4) is 0 Å². The maximum atomic E-state index is 10.3. The van der Waals surface area contributed by atoms with E-state index in [0.29, 0.717) is 11.5 Å². The molecule has 144 valence electrons. The summed E-state index contributed by atoms with van der Waals surface area (Å²) in [6, 6.07) is 25.9. The molecule has 0 aliphatic carbocycles. The fraction of sp³-hybridized carbons (Fsp3) is 0.250. The fourth-order valence-corrected chi connectivity index (χ4v) is 4.54. The van der Waals surface area contributed by atoms with E-state index < -0.39 is 0 Å². The Morgan fingerprint density at radius 3 is 1.57 bits per heavy atom. The van der Waals surface area contributed by atoms with Gasteiger partial charge in [0.05, 0.1) is 12.5 Å². The minimum absolute atomic E-state index is 0.175. The summed E-state index contributed by atoms with van der Waals surface area (Å²) in [5, 5.41) is 20.6. The Morgan fingerprint density at radius 1 is 0.679 bits per heavy atom. The molecule has 0 spiro atoms. The van der Waals surface area contributed by atoms with Crippen LogP contribution in [0.5, 0.6) is 11.5 Å².